The van der Waals surface area contributed by atoms with Crippen molar-refractivity contribution in [2.75, 3.05) is 31.6 Å². The van der Waals surface area contributed by atoms with Crippen LogP contribution < -0.4 is 0 Å². The van der Waals surface area contributed by atoms with Gasteiger partial charge in [-0.2, -0.15) is 11.8 Å². The fraction of sp³-hybridized carbons (Fsp3) is 0.846. The van der Waals surface area contributed by atoms with E-state index < -0.39 is 5.97 Å². The van der Waals surface area contributed by atoms with Gasteiger partial charge in [-0.3, -0.25) is 14.5 Å². The Hall–Kier alpha value is -0.750. The lowest BCUT2D eigenvalue weighted by atomic mass is 10.0. The van der Waals surface area contributed by atoms with Gasteiger partial charge in [-0.1, -0.05) is 0 Å². The molecule has 0 aliphatic carbocycles. The van der Waals surface area contributed by atoms with Gasteiger partial charge in [0.1, 0.15) is 6.04 Å². The predicted molar refractivity (Wildman–Crippen MR) is 75.3 cm³/mol. The lowest BCUT2D eigenvalue weighted by molar-refractivity contribution is -0.144. The molecule has 0 aromatic rings. The average molecular weight is 286 g/mol. The number of thioether (sulfide) groups is 1. The van der Waals surface area contributed by atoms with Crippen molar-refractivity contribution < 1.29 is 14.7 Å². The van der Waals surface area contributed by atoms with Crippen molar-refractivity contribution in [2.24, 2.45) is 0 Å². The lowest BCUT2D eigenvalue weighted by Gasteiger charge is -2.38. The number of nitrogens with zero attached hydrogens (tertiary/aromatic N) is 2. The van der Waals surface area contributed by atoms with Gasteiger partial charge in [0.05, 0.1) is 5.75 Å². The normalized spacial score (nSPS) is 25.7. The van der Waals surface area contributed by atoms with Gasteiger partial charge in [-0.15, -0.1) is 0 Å². The van der Waals surface area contributed by atoms with Crippen LogP contribution in [0.3, 0.4) is 0 Å². The van der Waals surface area contributed by atoms with Crippen LogP contribution in [0.15, 0.2) is 0 Å². The van der Waals surface area contributed by atoms with Gasteiger partial charge in [0.15, 0.2) is 0 Å². The summed E-state index contributed by atoms with van der Waals surface area (Å²) in [6, 6.07) is 0.0281. The summed E-state index contributed by atoms with van der Waals surface area (Å²) in [6.07, 6.45) is 5.49. The smallest absolute Gasteiger partial charge is 0.320 e. The van der Waals surface area contributed by atoms with E-state index in [1.165, 1.54) is 0 Å². The second-order valence-corrected chi connectivity index (χ2v) is 6.15. The van der Waals surface area contributed by atoms with Crippen molar-refractivity contribution in [3.05, 3.63) is 0 Å². The Morgan fingerprint density at radius 2 is 1.89 bits per heavy atom. The molecule has 1 N–H and O–H groups in total. The number of carboxylic acid groups (broad SMARTS) is 1. The first-order valence-electron chi connectivity index (χ1n) is 6.88. The standard InChI is InChI=1S/C13H22N2O3S/c1-19-9-12(16)14-7-4-10(5-8-14)15-6-2-3-11(15)13(17)18/h10-11H,2-9H2,1H3,(H,17,18). The Morgan fingerprint density at radius 1 is 1.21 bits per heavy atom. The summed E-state index contributed by atoms with van der Waals surface area (Å²) >= 11 is 1.55. The molecule has 108 valence electrons. The second kappa shape index (κ2) is 6.61. The van der Waals surface area contributed by atoms with Crippen LogP contribution in [-0.4, -0.2) is 70.5 Å². The SMILES string of the molecule is CSCC(=O)N1CCC(N2CCCC2C(=O)O)CC1. The number of piperidine rings is 1. The first kappa shape index (κ1) is 14.7. The molecule has 0 aromatic heterocycles. The number of rotatable bonds is 4. The van der Waals surface area contributed by atoms with Crippen molar-refractivity contribution in [1.29, 1.82) is 0 Å². The summed E-state index contributed by atoms with van der Waals surface area (Å²) in [5.41, 5.74) is 0. The van der Waals surface area contributed by atoms with E-state index in [4.69, 9.17) is 0 Å². The fourth-order valence-electron chi connectivity index (χ4n) is 3.15. The Labute approximate surface area is 118 Å². The number of likely N-dealkylation sites (tertiary alicyclic amines) is 2. The predicted octanol–water partition coefficient (Wildman–Crippen LogP) is 0.889. The van der Waals surface area contributed by atoms with Crippen molar-refractivity contribution >= 4 is 23.6 Å². The minimum atomic E-state index is -0.696. The summed E-state index contributed by atoms with van der Waals surface area (Å²) in [7, 11) is 0. The largest absolute Gasteiger partial charge is 0.480 e. The van der Waals surface area contributed by atoms with Crippen LogP contribution in [-0.2, 0) is 9.59 Å². The summed E-state index contributed by atoms with van der Waals surface area (Å²) in [4.78, 5) is 27.1. The summed E-state index contributed by atoms with van der Waals surface area (Å²) in [5, 5.41) is 9.22. The molecule has 2 heterocycles. The Kier molecular flexibility index (Phi) is 5.10. The first-order valence-corrected chi connectivity index (χ1v) is 8.28. The molecule has 2 aliphatic heterocycles. The molecule has 1 unspecified atom stereocenters. The van der Waals surface area contributed by atoms with Crippen LogP contribution in [0.4, 0.5) is 0 Å². The highest BCUT2D eigenvalue weighted by Gasteiger charge is 2.37. The van der Waals surface area contributed by atoms with E-state index in [0.29, 0.717) is 11.8 Å². The molecule has 2 aliphatic rings. The van der Waals surface area contributed by atoms with E-state index in [0.717, 1.165) is 45.3 Å². The molecule has 1 amide bonds. The third-order valence-corrected chi connectivity index (χ3v) is 4.67. The summed E-state index contributed by atoms with van der Waals surface area (Å²) in [5.74, 6) is 0.0621. The highest BCUT2D eigenvalue weighted by molar-refractivity contribution is 7.99. The highest BCUT2D eigenvalue weighted by Crippen LogP contribution is 2.26. The van der Waals surface area contributed by atoms with Crippen LogP contribution in [0.5, 0.6) is 0 Å². The fourth-order valence-corrected chi connectivity index (χ4v) is 3.58. The van der Waals surface area contributed by atoms with Gasteiger partial charge in [0, 0.05) is 19.1 Å². The van der Waals surface area contributed by atoms with E-state index in [-0.39, 0.29) is 11.9 Å². The van der Waals surface area contributed by atoms with E-state index in [2.05, 4.69) is 4.90 Å². The average Bonchev–Trinajstić information content (AvgIpc) is 2.88. The molecule has 2 fully saturated rings. The van der Waals surface area contributed by atoms with E-state index in [9.17, 15) is 14.7 Å². The van der Waals surface area contributed by atoms with E-state index >= 15 is 0 Å². The molecule has 5 nitrogen and oxygen atoms in total. The molecule has 1 atom stereocenters. The lowest BCUT2D eigenvalue weighted by Crippen LogP contribution is -2.50. The molecule has 0 saturated carbocycles. The van der Waals surface area contributed by atoms with Crippen molar-refractivity contribution in [2.45, 2.75) is 37.8 Å². The van der Waals surface area contributed by atoms with Gasteiger partial charge in [0.25, 0.3) is 0 Å². The zero-order valence-corrected chi connectivity index (χ0v) is 12.2. The number of carbonyl (C=O) groups is 2. The third kappa shape index (κ3) is 3.42. The molecule has 0 radical (unpaired) electrons. The van der Waals surface area contributed by atoms with Gasteiger partial charge < -0.3 is 10.0 Å². The summed E-state index contributed by atoms with van der Waals surface area (Å²) < 4.78 is 0. The minimum Gasteiger partial charge on any atom is -0.480 e. The molecule has 2 rings (SSSR count). The molecule has 0 bridgehead atoms. The van der Waals surface area contributed by atoms with Gasteiger partial charge in [-0.05, 0) is 38.5 Å². The van der Waals surface area contributed by atoms with Crippen LogP contribution in [0.1, 0.15) is 25.7 Å². The maximum atomic E-state index is 11.8. The van der Waals surface area contributed by atoms with Gasteiger partial charge in [-0.25, -0.2) is 0 Å². The molecule has 0 aromatic carbocycles. The number of aliphatic carboxylic acids is 1. The third-order valence-electron chi connectivity index (χ3n) is 4.13. The number of hydrogen-bond donors (Lipinski definition) is 1. The monoisotopic (exact) mass is 286 g/mol. The van der Waals surface area contributed by atoms with Gasteiger partial charge >= 0.3 is 5.97 Å². The minimum absolute atomic E-state index is 0.210. The van der Waals surface area contributed by atoms with E-state index in [1.807, 2.05) is 11.2 Å². The first-order chi connectivity index (χ1) is 9.13. The quantitative estimate of drug-likeness (QED) is 0.831. The Balaban J connectivity index is 1.86. The summed E-state index contributed by atoms with van der Waals surface area (Å²) in [6.45, 7) is 2.43. The molecule has 19 heavy (non-hydrogen) atoms. The maximum absolute atomic E-state index is 11.8. The highest BCUT2D eigenvalue weighted by atomic mass is 32.2. The topological polar surface area (TPSA) is 60.9 Å². The Morgan fingerprint density at radius 3 is 2.47 bits per heavy atom. The number of amides is 1. The molecular formula is C13H22N2O3S. The number of hydrogen-bond acceptors (Lipinski definition) is 4. The van der Waals surface area contributed by atoms with Crippen LogP contribution in [0.25, 0.3) is 0 Å². The zero-order valence-electron chi connectivity index (χ0n) is 11.4. The second-order valence-electron chi connectivity index (χ2n) is 5.28. The van der Waals surface area contributed by atoms with E-state index in [1.54, 1.807) is 11.8 Å². The molecule has 0 spiro atoms. The van der Waals surface area contributed by atoms with Crippen LogP contribution in [0.2, 0.25) is 0 Å². The molecular weight excluding hydrogens is 264 g/mol. The number of carbonyl (C=O) groups excluding carboxylic acids is 1. The Bertz CT molecular complexity index is 343. The zero-order chi connectivity index (χ0) is 13.8. The van der Waals surface area contributed by atoms with Crippen LogP contribution >= 0.6 is 11.8 Å². The maximum Gasteiger partial charge on any atom is 0.320 e. The van der Waals surface area contributed by atoms with Crippen molar-refractivity contribution in [3.63, 3.8) is 0 Å². The van der Waals surface area contributed by atoms with Crippen molar-refractivity contribution in [1.82, 2.24) is 9.80 Å². The molecule has 2 saturated heterocycles. The van der Waals surface area contributed by atoms with Crippen molar-refractivity contribution in [3.8, 4) is 0 Å². The molecule has 6 heteroatoms. The van der Waals surface area contributed by atoms with Crippen LogP contribution in [0, 0.1) is 0 Å². The number of carboxylic acids is 1. The van der Waals surface area contributed by atoms with Gasteiger partial charge in [0.2, 0.25) is 5.91 Å².